The van der Waals surface area contributed by atoms with Crippen molar-refractivity contribution in [3.63, 3.8) is 0 Å². The zero-order chi connectivity index (χ0) is 14.2. The molecule has 0 saturated carbocycles. The molecule has 2 rings (SSSR count). The number of rotatable bonds is 6. The number of nitrogens with one attached hydrogen (secondary N) is 1. The van der Waals surface area contributed by atoms with Crippen LogP contribution in [0.3, 0.4) is 0 Å². The first kappa shape index (κ1) is 13.9. The smallest absolute Gasteiger partial charge is 0.404 e. The summed E-state index contributed by atoms with van der Waals surface area (Å²) in [6.45, 7) is 0.838. The van der Waals surface area contributed by atoms with Gasteiger partial charge in [0.2, 0.25) is 0 Å². The van der Waals surface area contributed by atoms with E-state index >= 15 is 0 Å². The minimum absolute atomic E-state index is 0.406. The van der Waals surface area contributed by atoms with Gasteiger partial charge >= 0.3 is 6.09 Å². The third-order valence-electron chi connectivity index (χ3n) is 2.73. The quantitative estimate of drug-likeness (QED) is 0.847. The van der Waals surface area contributed by atoms with Crippen molar-refractivity contribution in [1.29, 1.82) is 0 Å². The van der Waals surface area contributed by atoms with Gasteiger partial charge in [0.1, 0.15) is 12.4 Å². The van der Waals surface area contributed by atoms with Gasteiger partial charge in [0, 0.05) is 12.7 Å². The molecule has 0 fully saturated rings. The van der Waals surface area contributed by atoms with Crippen LogP contribution in [0.2, 0.25) is 0 Å². The number of ether oxygens (including phenoxy) is 1. The lowest BCUT2D eigenvalue weighted by Crippen LogP contribution is -2.23. The van der Waals surface area contributed by atoms with Crippen molar-refractivity contribution in [3.05, 3.63) is 59.9 Å². The van der Waals surface area contributed by atoms with Crippen molar-refractivity contribution >= 4 is 6.09 Å². The van der Waals surface area contributed by atoms with Crippen molar-refractivity contribution in [2.45, 2.75) is 13.0 Å². The molecule has 20 heavy (non-hydrogen) atoms. The highest BCUT2D eigenvalue weighted by Gasteiger charge is 1.99. The van der Waals surface area contributed by atoms with E-state index in [9.17, 15) is 4.79 Å². The number of benzene rings is 1. The average molecular weight is 272 g/mol. The average Bonchev–Trinajstić information content (AvgIpc) is 2.47. The molecular formula is C15H16N2O3. The standard InChI is InChI=1S/C15H16N2O3/c18-15(19)17-10-8-12-4-6-14(7-5-12)20-11-13-3-1-2-9-16-13/h1-7,9,17H,8,10-11H2,(H,18,19). The van der Waals surface area contributed by atoms with E-state index in [4.69, 9.17) is 9.84 Å². The number of carbonyl (C=O) groups is 1. The summed E-state index contributed by atoms with van der Waals surface area (Å²) < 4.78 is 5.62. The molecule has 0 atom stereocenters. The maximum Gasteiger partial charge on any atom is 0.404 e. The number of hydrogen-bond donors (Lipinski definition) is 2. The molecule has 0 saturated heterocycles. The van der Waals surface area contributed by atoms with E-state index in [0.717, 1.165) is 17.0 Å². The second-order valence-electron chi connectivity index (χ2n) is 4.24. The number of amides is 1. The van der Waals surface area contributed by atoms with Crippen LogP contribution in [0.25, 0.3) is 0 Å². The van der Waals surface area contributed by atoms with Crippen molar-refractivity contribution in [2.75, 3.05) is 6.54 Å². The van der Waals surface area contributed by atoms with Gasteiger partial charge in [-0.1, -0.05) is 18.2 Å². The molecule has 0 aliphatic carbocycles. The molecule has 2 N–H and O–H groups in total. The summed E-state index contributed by atoms with van der Waals surface area (Å²) in [5, 5.41) is 10.8. The minimum Gasteiger partial charge on any atom is -0.487 e. The second kappa shape index (κ2) is 7.13. The fourth-order valence-electron chi connectivity index (χ4n) is 1.71. The maximum atomic E-state index is 10.3. The number of pyridine rings is 1. The van der Waals surface area contributed by atoms with Crippen LogP contribution in [-0.4, -0.2) is 22.7 Å². The molecule has 1 amide bonds. The molecule has 1 aromatic carbocycles. The lowest BCUT2D eigenvalue weighted by Gasteiger charge is -2.07. The molecule has 0 unspecified atom stereocenters. The number of hydrogen-bond acceptors (Lipinski definition) is 3. The summed E-state index contributed by atoms with van der Waals surface area (Å²) in [4.78, 5) is 14.5. The lowest BCUT2D eigenvalue weighted by atomic mass is 10.1. The summed E-state index contributed by atoms with van der Waals surface area (Å²) >= 11 is 0. The first-order valence-electron chi connectivity index (χ1n) is 6.32. The first-order valence-corrected chi connectivity index (χ1v) is 6.32. The molecule has 0 bridgehead atoms. The molecular weight excluding hydrogens is 256 g/mol. The van der Waals surface area contributed by atoms with E-state index in [1.54, 1.807) is 6.20 Å². The van der Waals surface area contributed by atoms with Gasteiger partial charge in [-0.15, -0.1) is 0 Å². The maximum absolute atomic E-state index is 10.3. The summed E-state index contributed by atoms with van der Waals surface area (Å²) in [5.74, 6) is 0.769. The topological polar surface area (TPSA) is 71.5 Å². The predicted octanol–water partition coefficient (Wildman–Crippen LogP) is 2.47. The number of carboxylic acid groups (broad SMARTS) is 1. The van der Waals surface area contributed by atoms with Crippen LogP contribution in [0.4, 0.5) is 4.79 Å². The summed E-state index contributed by atoms with van der Waals surface area (Å²) in [7, 11) is 0. The van der Waals surface area contributed by atoms with E-state index in [2.05, 4.69) is 10.3 Å². The predicted molar refractivity (Wildman–Crippen MR) is 74.7 cm³/mol. The number of aromatic nitrogens is 1. The SMILES string of the molecule is O=C(O)NCCc1ccc(OCc2ccccn2)cc1. The van der Waals surface area contributed by atoms with Gasteiger partial charge in [-0.25, -0.2) is 4.79 Å². The Morgan fingerprint density at radius 1 is 1.20 bits per heavy atom. The van der Waals surface area contributed by atoms with E-state index in [-0.39, 0.29) is 0 Å². The third kappa shape index (κ3) is 4.61. The van der Waals surface area contributed by atoms with Crippen LogP contribution < -0.4 is 10.1 Å². The summed E-state index contributed by atoms with van der Waals surface area (Å²) in [6.07, 6.45) is 1.39. The fourth-order valence-corrected chi connectivity index (χ4v) is 1.71. The van der Waals surface area contributed by atoms with Crippen LogP contribution in [0, 0.1) is 0 Å². The Morgan fingerprint density at radius 3 is 2.65 bits per heavy atom. The van der Waals surface area contributed by atoms with Crippen LogP contribution in [0.1, 0.15) is 11.3 Å². The van der Waals surface area contributed by atoms with Crippen molar-refractivity contribution in [2.24, 2.45) is 0 Å². The van der Waals surface area contributed by atoms with Gasteiger partial charge < -0.3 is 15.2 Å². The van der Waals surface area contributed by atoms with E-state index < -0.39 is 6.09 Å². The van der Waals surface area contributed by atoms with Gasteiger partial charge in [0.15, 0.2) is 0 Å². The molecule has 0 aliphatic rings. The largest absolute Gasteiger partial charge is 0.487 e. The van der Waals surface area contributed by atoms with Gasteiger partial charge in [0.25, 0.3) is 0 Å². The Balaban J connectivity index is 1.81. The molecule has 5 heteroatoms. The molecule has 1 heterocycles. The molecule has 0 spiro atoms. The molecule has 0 radical (unpaired) electrons. The highest BCUT2D eigenvalue weighted by Crippen LogP contribution is 2.13. The fraction of sp³-hybridized carbons (Fsp3) is 0.200. The first-order chi connectivity index (χ1) is 9.74. The highest BCUT2D eigenvalue weighted by molar-refractivity contribution is 5.64. The van der Waals surface area contributed by atoms with E-state index in [1.165, 1.54) is 0 Å². The Morgan fingerprint density at radius 2 is 2.00 bits per heavy atom. The second-order valence-corrected chi connectivity index (χ2v) is 4.24. The van der Waals surface area contributed by atoms with Crippen molar-refractivity contribution in [3.8, 4) is 5.75 Å². The van der Waals surface area contributed by atoms with Crippen LogP contribution in [-0.2, 0) is 13.0 Å². The van der Waals surface area contributed by atoms with Crippen molar-refractivity contribution < 1.29 is 14.6 Å². The summed E-state index contributed by atoms with van der Waals surface area (Å²) in [5.41, 5.74) is 1.94. The molecule has 5 nitrogen and oxygen atoms in total. The highest BCUT2D eigenvalue weighted by atomic mass is 16.5. The van der Waals surface area contributed by atoms with Crippen LogP contribution in [0.5, 0.6) is 5.75 Å². The van der Waals surface area contributed by atoms with Gasteiger partial charge in [0.05, 0.1) is 5.69 Å². The van der Waals surface area contributed by atoms with Crippen LogP contribution in [0.15, 0.2) is 48.7 Å². The Hall–Kier alpha value is -2.56. The Labute approximate surface area is 117 Å². The minimum atomic E-state index is -1.000. The normalized spacial score (nSPS) is 10.0. The molecule has 2 aromatic rings. The van der Waals surface area contributed by atoms with E-state index in [1.807, 2.05) is 42.5 Å². The zero-order valence-electron chi connectivity index (χ0n) is 11.0. The van der Waals surface area contributed by atoms with E-state index in [0.29, 0.717) is 19.6 Å². The number of nitrogens with zero attached hydrogens (tertiary/aromatic N) is 1. The monoisotopic (exact) mass is 272 g/mol. The molecule has 0 aliphatic heterocycles. The van der Waals surface area contributed by atoms with Gasteiger partial charge in [-0.2, -0.15) is 0 Å². The Kier molecular flexibility index (Phi) is 4.94. The molecule has 1 aromatic heterocycles. The third-order valence-corrected chi connectivity index (χ3v) is 2.73. The van der Waals surface area contributed by atoms with Crippen molar-refractivity contribution in [1.82, 2.24) is 10.3 Å². The van der Waals surface area contributed by atoms with Gasteiger partial charge in [-0.3, -0.25) is 4.98 Å². The lowest BCUT2D eigenvalue weighted by molar-refractivity contribution is 0.194. The van der Waals surface area contributed by atoms with Crippen LogP contribution >= 0.6 is 0 Å². The Bertz CT molecular complexity index is 541. The molecule has 104 valence electrons. The summed E-state index contributed by atoms with van der Waals surface area (Å²) in [6, 6.07) is 13.3. The van der Waals surface area contributed by atoms with Gasteiger partial charge in [-0.05, 0) is 36.2 Å². The zero-order valence-corrected chi connectivity index (χ0v) is 11.0.